The molecule has 1 N–H and O–H groups in total. The van der Waals surface area contributed by atoms with Crippen molar-refractivity contribution in [1.82, 2.24) is 4.90 Å². The summed E-state index contributed by atoms with van der Waals surface area (Å²) in [4.78, 5) is 2.52. The number of nitrogens with zero attached hydrogens (tertiary/aromatic N) is 1. The molecule has 1 aromatic carbocycles. The third-order valence-electron chi connectivity index (χ3n) is 16.0. The summed E-state index contributed by atoms with van der Waals surface area (Å²) >= 11 is 0. The number of hydrogen-bond donors (Lipinski definition) is 1. The van der Waals surface area contributed by atoms with Gasteiger partial charge < -0.3 is 24.1 Å². The van der Waals surface area contributed by atoms with Gasteiger partial charge in [-0.3, -0.25) is 4.90 Å². The van der Waals surface area contributed by atoms with Gasteiger partial charge in [-0.25, -0.2) is 0 Å². The number of benzene rings is 1. The van der Waals surface area contributed by atoms with E-state index in [4.69, 9.17) is 18.9 Å². The highest BCUT2D eigenvalue weighted by atomic mass is 16.7. The van der Waals surface area contributed by atoms with Crippen LogP contribution in [0.15, 0.2) is 30.3 Å². The molecule has 1 aromatic rings. The van der Waals surface area contributed by atoms with E-state index < -0.39 is 5.60 Å². The van der Waals surface area contributed by atoms with E-state index in [0.29, 0.717) is 40.8 Å². The fourth-order valence-electron chi connectivity index (χ4n) is 14.1. The predicted molar refractivity (Wildman–Crippen MR) is 193 cm³/mol. The number of fused-ring (bicyclic) bond motifs is 4. The van der Waals surface area contributed by atoms with Crippen LogP contribution in [-0.2, 0) is 25.5 Å². The standard InChI is InChI=1S/C43H67NO5/c1-7-46-38(40(4,5)45)33-17-15-31-34(48-33)24-32-30-16-18-35-39(2,3)36(14-11-19-43(35)27-42(30,28-43)21-20-41(31,32)6)49-37-26-44(22-23-47-37)25-29-12-9-8-10-13-29/h8-10,12-13,30-38,45H,7,11,14-28H2,1-6H3. The molecule has 0 aromatic heterocycles. The second kappa shape index (κ2) is 12.8. The lowest BCUT2D eigenvalue weighted by Gasteiger charge is -2.66. The van der Waals surface area contributed by atoms with Gasteiger partial charge in [-0.1, -0.05) is 57.5 Å². The average molecular weight is 678 g/mol. The molecule has 274 valence electrons. The van der Waals surface area contributed by atoms with Crippen molar-refractivity contribution in [2.24, 2.45) is 45.3 Å². The molecule has 2 heterocycles. The van der Waals surface area contributed by atoms with Crippen LogP contribution in [-0.4, -0.2) is 72.6 Å². The SMILES string of the molecule is CCOC(C1CCC2C(CC3C4CCC5C6(CCCC(OC7CN(Cc8ccccc8)CCO7)C5(C)C)CC4(CCC23C)C6)O1)C(C)(C)O. The minimum atomic E-state index is -0.900. The molecule has 2 aliphatic heterocycles. The molecule has 10 atom stereocenters. The summed E-state index contributed by atoms with van der Waals surface area (Å²) in [5.41, 5.74) is 2.00. The van der Waals surface area contributed by atoms with E-state index in [1.54, 1.807) is 0 Å². The monoisotopic (exact) mass is 678 g/mol. The Balaban J connectivity index is 0.968. The minimum absolute atomic E-state index is 0.0112. The van der Waals surface area contributed by atoms with Crippen LogP contribution in [0.5, 0.6) is 0 Å². The van der Waals surface area contributed by atoms with Crippen molar-refractivity contribution in [3.63, 3.8) is 0 Å². The van der Waals surface area contributed by atoms with Crippen LogP contribution in [0.2, 0.25) is 0 Å². The Kier molecular flexibility index (Phi) is 9.17. The van der Waals surface area contributed by atoms with Gasteiger partial charge in [-0.2, -0.15) is 0 Å². The number of morpholine rings is 1. The summed E-state index contributed by atoms with van der Waals surface area (Å²) in [6.07, 6.45) is 15.8. The van der Waals surface area contributed by atoms with Crippen LogP contribution in [0, 0.1) is 45.3 Å². The zero-order chi connectivity index (χ0) is 34.2. The lowest BCUT2D eigenvalue weighted by molar-refractivity contribution is -0.235. The van der Waals surface area contributed by atoms with Gasteiger partial charge in [0.25, 0.3) is 0 Å². The normalized spacial score (nSPS) is 45.4. The molecule has 9 rings (SSSR count). The highest BCUT2D eigenvalue weighted by Gasteiger charge is 2.71. The summed E-state index contributed by atoms with van der Waals surface area (Å²) < 4.78 is 26.5. The van der Waals surface area contributed by atoms with E-state index in [1.807, 2.05) is 20.8 Å². The van der Waals surface area contributed by atoms with Crippen LogP contribution in [0.3, 0.4) is 0 Å². The quantitative estimate of drug-likeness (QED) is 0.298. The van der Waals surface area contributed by atoms with E-state index in [9.17, 15) is 5.11 Å². The molecule has 6 nitrogen and oxygen atoms in total. The lowest BCUT2D eigenvalue weighted by Crippen LogP contribution is -2.59. The first-order valence-corrected chi connectivity index (χ1v) is 20.4. The maximum atomic E-state index is 11.0. The largest absolute Gasteiger partial charge is 0.388 e. The van der Waals surface area contributed by atoms with Gasteiger partial charge in [-0.05, 0) is 142 Å². The van der Waals surface area contributed by atoms with Crippen LogP contribution in [0.4, 0.5) is 0 Å². The van der Waals surface area contributed by atoms with Gasteiger partial charge in [0.2, 0.25) is 0 Å². The maximum absolute atomic E-state index is 11.0. The van der Waals surface area contributed by atoms with E-state index in [-0.39, 0.29) is 30.0 Å². The van der Waals surface area contributed by atoms with Gasteiger partial charge in [0.1, 0.15) is 6.10 Å². The Hall–Kier alpha value is -1.02. The Bertz CT molecular complexity index is 1300. The highest BCUT2D eigenvalue weighted by Crippen LogP contribution is 2.78. The van der Waals surface area contributed by atoms with E-state index in [0.717, 1.165) is 50.9 Å². The lowest BCUT2D eigenvalue weighted by atomic mass is 9.38. The molecule has 8 fully saturated rings. The van der Waals surface area contributed by atoms with Gasteiger partial charge in [-0.15, -0.1) is 0 Å². The Morgan fingerprint density at radius 3 is 2.47 bits per heavy atom. The fraction of sp³-hybridized carbons (Fsp3) is 0.860. The molecule has 6 saturated carbocycles. The fourth-order valence-corrected chi connectivity index (χ4v) is 14.1. The second-order valence-electron chi connectivity index (χ2n) is 19.4. The molecule has 2 saturated heterocycles. The molecule has 2 spiro atoms. The predicted octanol–water partition coefficient (Wildman–Crippen LogP) is 8.39. The van der Waals surface area contributed by atoms with Gasteiger partial charge in [0.05, 0.1) is 30.5 Å². The average Bonchev–Trinajstić information content (AvgIpc) is 3.12. The topological polar surface area (TPSA) is 60.4 Å². The molecule has 2 bridgehead atoms. The maximum Gasteiger partial charge on any atom is 0.170 e. The summed E-state index contributed by atoms with van der Waals surface area (Å²) in [6.45, 7) is 17.8. The van der Waals surface area contributed by atoms with Crippen molar-refractivity contribution >= 4 is 0 Å². The van der Waals surface area contributed by atoms with Crippen molar-refractivity contribution in [1.29, 1.82) is 0 Å². The molecule has 0 radical (unpaired) electrons. The number of aliphatic hydroxyl groups is 1. The van der Waals surface area contributed by atoms with Crippen LogP contribution < -0.4 is 0 Å². The summed E-state index contributed by atoms with van der Waals surface area (Å²) in [6, 6.07) is 10.8. The van der Waals surface area contributed by atoms with Gasteiger partial charge in [0.15, 0.2) is 6.29 Å². The number of rotatable bonds is 8. The Morgan fingerprint density at radius 1 is 0.939 bits per heavy atom. The summed E-state index contributed by atoms with van der Waals surface area (Å²) in [7, 11) is 0. The molecule has 0 amide bonds. The Morgan fingerprint density at radius 2 is 1.71 bits per heavy atom. The van der Waals surface area contributed by atoms with Gasteiger partial charge in [0, 0.05) is 26.2 Å². The molecular formula is C43H67NO5. The van der Waals surface area contributed by atoms with Gasteiger partial charge >= 0.3 is 0 Å². The van der Waals surface area contributed by atoms with Crippen molar-refractivity contribution in [3.8, 4) is 0 Å². The first-order chi connectivity index (χ1) is 23.4. The first-order valence-electron chi connectivity index (χ1n) is 20.4. The van der Waals surface area contributed by atoms with Crippen molar-refractivity contribution < 1.29 is 24.1 Å². The second-order valence-corrected chi connectivity index (χ2v) is 19.4. The highest BCUT2D eigenvalue weighted by molar-refractivity contribution is 5.21. The minimum Gasteiger partial charge on any atom is -0.388 e. The van der Waals surface area contributed by atoms with Crippen molar-refractivity contribution in [2.75, 3.05) is 26.3 Å². The molecule has 6 heteroatoms. The summed E-state index contributed by atoms with van der Waals surface area (Å²) in [5, 5.41) is 11.0. The van der Waals surface area contributed by atoms with E-state index in [1.165, 1.54) is 69.8 Å². The third kappa shape index (κ3) is 5.99. The molecule has 8 aliphatic rings. The first kappa shape index (κ1) is 35.0. The third-order valence-corrected chi connectivity index (χ3v) is 16.0. The zero-order valence-electron chi connectivity index (χ0n) is 31.6. The van der Waals surface area contributed by atoms with Crippen molar-refractivity contribution in [2.45, 2.75) is 161 Å². The van der Waals surface area contributed by atoms with E-state index in [2.05, 4.69) is 56.0 Å². The molecule has 49 heavy (non-hydrogen) atoms. The molecule has 10 unspecified atom stereocenters. The van der Waals surface area contributed by atoms with Crippen LogP contribution >= 0.6 is 0 Å². The van der Waals surface area contributed by atoms with Crippen LogP contribution in [0.1, 0.15) is 124 Å². The van der Waals surface area contributed by atoms with E-state index >= 15 is 0 Å². The molecule has 6 aliphatic carbocycles. The smallest absolute Gasteiger partial charge is 0.170 e. The number of ether oxygens (including phenoxy) is 4. The molecular weight excluding hydrogens is 610 g/mol. The Labute approximate surface area is 297 Å². The van der Waals surface area contributed by atoms with Crippen molar-refractivity contribution in [3.05, 3.63) is 35.9 Å². The summed E-state index contributed by atoms with van der Waals surface area (Å²) in [5.74, 6) is 2.92. The number of hydrogen-bond acceptors (Lipinski definition) is 6. The van der Waals surface area contributed by atoms with Crippen LogP contribution in [0.25, 0.3) is 0 Å². The zero-order valence-corrected chi connectivity index (χ0v) is 31.6.